The van der Waals surface area contributed by atoms with E-state index in [1.807, 2.05) is 20.8 Å². The molecule has 0 radical (unpaired) electrons. The molecule has 1 atom stereocenters. The molecule has 106 valence electrons. The van der Waals surface area contributed by atoms with Crippen molar-refractivity contribution in [3.8, 4) is 0 Å². The van der Waals surface area contributed by atoms with Crippen LogP contribution in [0.5, 0.6) is 0 Å². The Morgan fingerprint density at radius 1 is 1.42 bits per heavy atom. The van der Waals surface area contributed by atoms with Gasteiger partial charge in [-0.25, -0.2) is 4.79 Å². The van der Waals surface area contributed by atoms with E-state index in [1.54, 1.807) is 4.90 Å². The van der Waals surface area contributed by atoms with Gasteiger partial charge in [-0.2, -0.15) is 0 Å². The Kier molecular flexibility index (Phi) is 3.64. The first-order valence-electron chi connectivity index (χ1n) is 6.45. The summed E-state index contributed by atoms with van der Waals surface area (Å²) in [5.74, 6) is 0.378. The van der Waals surface area contributed by atoms with Crippen LogP contribution >= 0.6 is 0 Å². The van der Waals surface area contributed by atoms with Gasteiger partial charge >= 0.3 is 12.1 Å². The van der Waals surface area contributed by atoms with Crippen LogP contribution in [-0.4, -0.2) is 33.3 Å². The van der Waals surface area contributed by atoms with Crippen molar-refractivity contribution in [1.82, 2.24) is 15.1 Å². The maximum absolute atomic E-state index is 12.2. The minimum absolute atomic E-state index is 0.0183. The highest BCUT2D eigenvalue weighted by Crippen LogP contribution is 2.31. The number of ether oxygens (including phenoxy) is 1. The van der Waals surface area contributed by atoms with Crippen molar-refractivity contribution in [3.63, 3.8) is 0 Å². The largest absolute Gasteiger partial charge is 0.444 e. The average Bonchev–Trinajstić information content (AvgIpc) is 2.73. The van der Waals surface area contributed by atoms with Gasteiger partial charge in [0.15, 0.2) is 0 Å². The van der Waals surface area contributed by atoms with E-state index in [0.717, 1.165) is 19.3 Å². The Labute approximate surface area is 112 Å². The highest BCUT2D eigenvalue weighted by atomic mass is 16.6. The zero-order valence-corrected chi connectivity index (χ0v) is 11.5. The summed E-state index contributed by atoms with van der Waals surface area (Å²) in [5.41, 5.74) is 4.91. The van der Waals surface area contributed by atoms with Crippen LogP contribution in [0.2, 0.25) is 0 Å². The number of anilines is 1. The van der Waals surface area contributed by atoms with Gasteiger partial charge in [-0.15, -0.1) is 5.10 Å². The van der Waals surface area contributed by atoms with Gasteiger partial charge in [0.2, 0.25) is 5.89 Å². The number of aromatic nitrogens is 2. The minimum Gasteiger partial charge on any atom is -0.444 e. The molecule has 2 heterocycles. The molecular weight excluding hydrogens is 248 g/mol. The zero-order chi connectivity index (χ0) is 14.0. The molecule has 1 fully saturated rings. The summed E-state index contributed by atoms with van der Waals surface area (Å²) in [5, 5.41) is 7.52. The van der Waals surface area contributed by atoms with Crippen LogP contribution in [0.1, 0.15) is 52.0 Å². The normalized spacial score (nSPS) is 20.4. The van der Waals surface area contributed by atoms with Gasteiger partial charge in [-0.05, 0) is 40.0 Å². The second-order valence-electron chi connectivity index (χ2n) is 5.66. The molecule has 19 heavy (non-hydrogen) atoms. The van der Waals surface area contributed by atoms with Gasteiger partial charge in [-0.3, -0.25) is 4.90 Å². The molecule has 1 aromatic heterocycles. The Morgan fingerprint density at radius 3 is 2.74 bits per heavy atom. The minimum atomic E-state index is -0.521. The van der Waals surface area contributed by atoms with Crippen LogP contribution in [0.15, 0.2) is 4.42 Å². The Bertz CT molecular complexity index is 452. The summed E-state index contributed by atoms with van der Waals surface area (Å²) < 4.78 is 10.6. The standard InChI is InChI=1S/C12H20N4O3/c1-12(2,3)19-11(17)16-7-5-4-6-8(16)9-14-15-10(13)18-9/h8H,4-7H2,1-3H3,(H2,13,15)/t8-/m1/s1. The molecule has 0 aromatic carbocycles. The maximum atomic E-state index is 12.2. The molecule has 1 aromatic rings. The molecule has 2 N–H and O–H groups in total. The number of nitrogens with two attached hydrogens (primary N) is 1. The van der Waals surface area contributed by atoms with Crippen molar-refractivity contribution in [2.75, 3.05) is 12.3 Å². The molecule has 1 saturated heterocycles. The van der Waals surface area contributed by atoms with E-state index >= 15 is 0 Å². The number of carbonyl (C=O) groups excluding carboxylic acids is 1. The monoisotopic (exact) mass is 268 g/mol. The lowest BCUT2D eigenvalue weighted by atomic mass is 10.0. The van der Waals surface area contributed by atoms with E-state index in [4.69, 9.17) is 14.9 Å². The van der Waals surface area contributed by atoms with Crippen LogP contribution < -0.4 is 5.73 Å². The second-order valence-corrected chi connectivity index (χ2v) is 5.66. The van der Waals surface area contributed by atoms with Gasteiger partial charge < -0.3 is 14.9 Å². The summed E-state index contributed by atoms with van der Waals surface area (Å²) in [6, 6.07) is -0.224. The smallest absolute Gasteiger partial charge is 0.410 e. The number of rotatable bonds is 1. The molecular formula is C12H20N4O3. The van der Waals surface area contributed by atoms with Crippen molar-refractivity contribution in [2.45, 2.75) is 51.7 Å². The summed E-state index contributed by atoms with van der Waals surface area (Å²) in [7, 11) is 0. The Balaban J connectivity index is 2.14. The number of piperidine rings is 1. The van der Waals surface area contributed by atoms with Crippen LogP contribution in [0.25, 0.3) is 0 Å². The van der Waals surface area contributed by atoms with E-state index in [9.17, 15) is 4.79 Å². The lowest BCUT2D eigenvalue weighted by molar-refractivity contribution is 0.00617. The summed E-state index contributed by atoms with van der Waals surface area (Å²) >= 11 is 0. The van der Waals surface area contributed by atoms with E-state index < -0.39 is 5.60 Å². The van der Waals surface area contributed by atoms with Gasteiger partial charge in [-0.1, -0.05) is 5.10 Å². The summed E-state index contributed by atoms with van der Waals surface area (Å²) in [6.45, 7) is 6.15. The Hall–Kier alpha value is -1.79. The molecule has 2 rings (SSSR count). The molecule has 0 spiro atoms. The van der Waals surface area contributed by atoms with Crippen molar-refractivity contribution in [2.24, 2.45) is 0 Å². The third-order valence-electron chi connectivity index (χ3n) is 2.87. The lowest BCUT2D eigenvalue weighted by Crippen LogP contribution is -2.42. The molecule has 0 aliphatic carbocycles. The van der Waals surface area contributed by atoms with Crippen LogP contribution in [0.4, 0.5) is 10.8 Å². The fourth-order valence-electron chi connectivity index (χ4n) is 2.11. The summed E-state index contributed by atoms with van der Waals surface area (Å²) in [6.07, 6.45) is 2.38. The fourth-order valence-corrected chi connectivity index (χ4v) is 2.11. The van der Waals surface area contributed by atoms with E-state index in [1.165, 1.54) is 0 Å². The fraction of sp³-hybridized carbons (Fsp3) is 0.750. The second kappa shape index (κ2) is 5.07. The number of nitrogen functional groups attached to an aromatic ring is 1. The lowest BCUT2D eigenvalue weighted by Gasteiger charge is -2.34. The quantitative estimate of drug-likeness (QED) is 0.838. The van der Waals surface area contributed by atoms with Crippen molar-refractivity contribution in [3.05, 3.63) is 5.89 Å². The van der Waals surface area contributed by atoms with Crippen molar-refractivity contribution < 1.29 is 13.9 Å². The number of carbonyl (C=O) groups is 1. The molecule has 1 aliphatic heterocycles. The first-order valence-corrected chi connectivity index (χ1v) is 6.45. The maximum Gasteiger partial charge on any atom is 0.410 e. The molecule has 1 aliphatic rings. The van der Waals surface area contributed by atoms with E-state index in [-0.39, 0.29) is 18.1 Å². The van der Waals surface area contributed by atoms with Gasteiger partial charge in [0.25, 0.3) is 0 Å². The summed E-state index contributed by atoms with van der Waals surface area (Å²) in [4.78, 5) is 13.8. The number of likely N-dealkylation sites (tertiary alicyclic amines) is 1. The zero-order valence-electron chi connectivity index (χ0n) is 11.5. The third-order valence-corrected chi connectivity index (χ3v) is 2.87. The highest BCUT2D eigenvalue weighted by molar-refractivity contribution is 5.68. The van der Waals surface area contributed by atoms with Crippen molar-refractivity contribution in [1.29, 1.82) is 0 Å². The topological polar surface area (TPSA) is 94.5 Å². The van der Waals surface area contributed by atoms with Gasteiger partial charge in [0, 0.05) is 6.54 Å². The van der Waals surface area contributed by atoms with Crippen LogP contribution in [-0.2, 0) is 4.74 Å². The third kappa shape index (κ3) is 3.36. The molecule has 7 heteroatoms. The molecule has 0 saturated carbocycles. The Morgan fingerprint density at radius 2 is 2.16 bits per heavy atom. The predicted octanol–water partition coefficient (Wildman–Crippen LogP) is 2.11. The number of nitrogens with zero attached hydrogens (tertiary/aromatic N) is 3. The van der Waals surface area contributed by atoms with Crippen molar-refractivity contribution >= 4 is 12.1 Å². The average molecular weight is 268 g/mol. The molecule has 1 amide bonds. The molecule has 0 unspecified atom stereocenters. The van der Waals surface area contributed by atoms with Gasteiger partial charge in [0.1, 0.15) is 11.6 Å². The predicted molar refractivity (Wildman–Crippen MR) is 68.2 cm³/mol. The number of amides is 1. The highest BCUT2D eigenvalue weighted by Gasteiger charge is 2.34. The SMILES string of the molecule is CC(C)(C)OC(=O)N1CCCC[C@@H]1c1nnc(N)o1. The number of hydrogen-bond acceptors (Lipinski definition) is 6. The van der Waals surface area contributed by atoms with Gasteiger partial charge in [0.05, 0.1) is 0 Å². The molecule has 7 nitrogen and oxygen atoms in total. The first-order chi connectivity index (χ1) is 8.87. The van der Waals surface area contributed by atoms with Crippen LogP contribution in [0, 0.1) is 0 Å². The van der Waals surface area contributed by atoms with E-state index in [0.29, 0.717) is 12.4 Å². The van der Waals surface area contributed by atoms with Crippen LogP contribution in [0.3, 0.4) is 0 Å². The molecule has 0 bridgehead atoms. The number of hydrogen-bond donors (Lipinski definition) is 1. The first kappa shape index (κ1) is 13.6. The van der Waals surface area contributed by atoms with E-state index in [2.05, 4.69) is 10.2 Å².